The van der Waals surface area contributed by atoms with Crippen molar-refractivity contribution < 1.29 is 24.8 Å². The average molecular weight is 435 g/mol. The van der Waals surface area contributed by atoms with E-state index in [4.69, 9.17) is 14.2 Å². The fourth-order valence-electron chi connectivity index (χ4n) is 5.82. The van der Waals surface area contributed by atoms with Crippen molar-refractivity contribution in [3.05, 3.63) is 29.6 Å². The number of carbonyl (C=O) groups is 1. The average Bonchev–Trinajstić information content (AvgIpc) is 3.32. The summed E-state index contributed by atoms with van der Waals surface area (Å²) in [6.45, 7) is 3.81. The molecule has 31 heavy (non-hydrogen) atoms. The number of carbonyl (C=O) groups excluding carboxylic acids is 1. The number of rotatable bonds is 3. The Morgan fingerprint density at radius 1 is 1.23 bits per heavy atom. The molecule has 172 valence electrons. The first-order chi connectivity index (χ1) is 15.1. The van der Waals surface area contributed by atoms with Crippen LogP contribution in [0.15, 0.2) is 18.2 Å². The molecular formula is C24H35FN2O4. The number of hydrogen-bond acceptors (Lipinski definition) is 5. The Kier molecular flexibility index (Phi) is 6.06. The zero-order valence-corrected chi connectivity index (χ0v) is 18.1. The molecule has 7 heteroatoms. The van der Waals surface area contributed by atoms with Crippen LogP contribution in [-0.2, 0) is 14.9 Å². The number of ether oxygens (including phenoxy) is 3. The Bertz CT molecular complexity index is 796. The van der Waals surface area contributed by atoms with Crippen LogP contribution >= 0.6 is 0 Å². The summed E-state index contributed by atoms with van der Waals surface area (Å²) in [6, 6.07) is 5.54. The van der Waals surface area contributed by atoms with Gasteiger partial charge in [0.15, 0.2) is 0 Å². The minimum Gasteiger partial charge on any atom is -0.492 e. The molecule has 3 atom stereocenters. The van der Waals surface area contributed by atoms with E-state index in [1.165, 1.54) is 18.9 Å². The van der Waals surface area contributed by atoms with E-state index in [9.17, 15) is 9.18 Å². The van der Waals surface area contributed by atoms with Gasteiger partial charge in [-0.15, -0.1) is 0 Å². The van der Waals surface area contributed by atoms with Gasteiger partial charge >= 0.3 is 6.09 Å². The predicted molar refractivity (Wildman–Crippen MR) is 116 cm³/mol. The van der Waals surface area contributed by atoms with Crippen molar-refractivity contribution in [2.45, 2.75) is 75.0 Å². The molecule has 3 aliphatic heterocycles. The number of likely N-dealkylation sites (tertiary alicyclic amines) is 1. The lowest BCUT2D eigenvalue weighted by molar-refractivity contribution is 0.0745. The van der Waals surface area contributed by atoms with Crippen LogP contribution in [0.25, 0.3) is 0 Å². The van der Waals surface area contributed by atoms with Crippen LogP contribution in [0.5, 0.6) is 5.75 Å². The molecule has 2 unspecified atom stereocenters. The summed E-state index contributed by atoms with van der Waals surface area (Å²) in [6.07, 6.45) is 7.80. The van der Waals surface area contributed by atoms with E-state index >= 15 is 0 Å². The van der Waals surface area contributed by atoms with Gasteiger partial charge in [0.25, 0.3) is 0 Å². The molecule has 1 aromatic carbocycles. The van der Waals surface area contributed by atoms with Crippen molar-refractivity contribution in [3.63, 3.8) is 0 Å². The Morgan fingerprint density at radius 3 is 2.87 bits per heavy atom. The van der Waals surface area contributed by atoms with Gasteiger partial charge in [0.2, 0.25) is 0 Å². The maximum absolute atomic E-state index is 13.9. The molecule has 1 N–H and O–H groups in total. The molecule has 1 saturated carbocycles. The van der Waals surface area contributed by atoms with Gasteiger partial charge in [-0.05, 0) is 63.4 Å². The number of nitrogens with zero attached hydrogens (tertiary/aromatic N) is 1. The van der Waals surface area contributed by atoms with Gasteiger partial charge in [-0.3, -0.25) is 0 Å². The number of benzene rings is 1. The van der Waals surface area contributed by atoms with Crippen molar-refractivity contribution in [2.24, 2.45) is 0 Å². The highest BCUT2D eigenvalue weighted by Gasteiger charge is 2.44. The minimum atomic E-state index is -0.305. The highest BCUT2D eigenvalue weighted by molar-refractivity contribution is 5.67. The van der Waals surface area contributed by atoms with Gasteiger partial charge in [0.05, 0.1) is 19.8 Å². The maximum atomic E-state index is 13.9. The normalized spacial score (nSPS) is 30.4. The fourth-order valence-corrected chi connectivity index (χ4v) is 5.82. The molecule has 4 aliphatic rings. The fraction of sp³-hybridized carbons (Fsp3) is 0.708. The first-order valence-electron chi connectivity index (χ1n) is 11.8. The molecule has 1 spiro atoms. The number of fused-ring (bicyclic) bond motifs is 2. The highest BCUT2D eigenvalue weighted by atomic mass is 19.1. The van der Waals surface area contributed by atoms with Crippen molar-refractivity contribution in [3.8, 4) is 5.75 Å². The van der Waals surface area contributed by atoms with Gasteiger partial charge < -0.3 is 24.4 Å². The number of nitrogens with one attached hydrogen (secondary N) is 1. The molecular weight excluding hydrogens is 399 g/mol. The summed E-state index contributed by atoms with van der Waals surface area (Å²) in [7, 11) is 0. The van der Waals surface area contributed by atoms with Crippen molar-refractivity contribution in [1.82, 2.24) is 10.2 Å². The summed E-state index contributed by atoms with van der Waals surface area (Å²) < 4.78 is 30.6. The standard InChI is InChI=1S/C24H33FN2O4.H2/c25-17-5-6-22-21(13-17)24(16-30-22)8-10-27(11-9-24)19-4-2-1-3-18(14-19)26-23(28)31-20-7-12-29-15-20;/h5-6,13,18-20H,1-4,7-12,14-16H2,(H,26,28);1H/t18?,19?,20-;/m1./s1. The van der Waals surface area contributed by atoms with Crippen LogP contribution in [0.1, 0.15) is 58.4 Å². The Balaban J connectivity index is 0.00000245. The lowest BCUT2D eigenvalue weighted by atomic mass is 9.74. The second-order valence-corrected chi connectivity index (χ2v) is 9.65. The molecule has 1 aromatic rings. The van der Waals surface area contributed by atoms with Crippen LogP contribution in [0.2, 0.25) is 0 Å². The van der Waals surface area contributed by atoms with E-state index in [0.29, 0.717) is 25.9 Å². The monoisotopic (exact) mass is 434 g/mol. The zero-order chi connectivity index (χ0) is 21.3. The van der Waals surface area contributed by atoms with Crippen molar-refractivity contribution in [1.29, 1.82) is 0 Å². The van der Waals surface area contributed by atoms with Gasteiger partial charge in [-0.1, -0.05) is 12.8 Å². The van der Waals surface area contributed by atoms with Crippen molar-refractivity contribution in [2.75, 3.05) is 32.9 Å². The predicted octanol–water partition coefficient (Wildman–Crippen LogP) is 4.01. The molecule has 2 saturated heterocycles. The molecule has 0 bridgehead atoms. The van der Waals surface area contributed by atoms with E-state index in [-0.39, 0.29) is 30.9 Å². The van der Waals surface area contributed by atoms with E-state index in [1.54, 1.807) is 12.1 Å². The molecule has 0 radical (unpaired) electrons. The largest absolute Gasteiger partial charge is 0.492 e. The molecule has 3 heterocycles. The third-order valence-corrected chi connectivity index (χ3v) is 7.67. The van der Waals surface area contributed by atoms with E-state index in [0.717, 1.165) is 62.9 Å². The molecule has 6 nitrogen and oxygen atoms in total. The van der Waals surface area contributed by atoms with Crippen LogP contribution in [0, 0.1) is 5.82 Å². The lowest BCUT2D eigenvalue weighted by Crippen LogP contribution is -2.49. The number of hydrogen-bond donors (Lipinski definition) is 1. The third kappa shape index (κ3) is 4.53. The first-order valence-corrected chi connectivity index (χ1v) is 11.8. The first kappa shape index (κ1) is 21.0. The van der Waals surface area contributed by atoms with E-state index in [2.05, 4.69) is 10.2 Å². The summed E-state index contributed by atoms with van der Waals surface area (Å²) in [4.78, 5) is 14.9. The molecule has 3 fully saturated rings. The Labute approximate surface area is 184 Å². The third-order valence-electron chi connectivity index (χ3n) is 7.67. The second kappa shape index (κ2) is 8.94. The van der Waals surface area contributed by atoms with E-state index < -0.39 is 0 Å². The summed E-state index contributed by atoms with van der Waals surface area (Å²) >= 11 is 0. The minimum absolute atomic E-state index is 0. The number of amides is 1. The van der Waals surface area contributed by atoms with Gasteiger partial charge in [0.1, 0.15) is 17.7 Å². The second-order valence-electron chi connectivity index (χ2n) is 9.65. The molecule has 5 rings (SSSR count). The van der Waals surface area contributed by atoms with Gasteiger partial charge in [-0.25, -0.2) is 9.18 Å². The molecule has 0 aromatic heterocycles. The molecule has 1 aliphatic carbocycles. The van der Waals surface area contributed by atoms with E-state index in [1.807, 2.05) is 0 Å². The summed E-state index contributed by atoms with van der Waals surface area (Å²) in [5, 5.41) is 3.12. The van der Waals surface area contributed by atoms with Crippen LogP contribution in [0.3, 0.4) is 0 Å². The maximum Gasteiger partial charge on any atom is 0.407 e. The zero-order valence-electron chi connectivity index (χ0n) is 18.1. The van der Waals surface area contributed by atoms with Crippen LogP contribution < -0.4 is 10.1 Å². The number of piperidine rings is 1. The van der Waals surface area contributed by atoms with Gasteiger partial charge in [-0.2, -0.15) is 0 Å². The SMILES string of the molecule is O=C(NC1CCCCC(N2CCC3(CC2)COc2ccc(F)cc23)C1)O[C@@H]1CCOC1.[HH]. The Hall–Kier alpha value is -1.86. The van der Waals surface area contributed by atoms with Gasteiger partial charge in [0, 0.05) is 30.9 Å². The van der Waals surface area contributed by atoms with Crippen molar-refractivity contribution >= 4 is 6.09 Å². The van der Waals surface area contributed by atoms with Crippen LogP contribution in [-0.4, -0.2) is 62.1 Å². The topological polar surface area (TPSA) is 60.0 Å². The Morgan fingerprint density at radius 2 is 2.06 bits per heavy atom. The lowest BCUT2D eigenvalue weighted by Gasteiger charge is -2.42. The highest BCUT2D eigenvalue weighted by Crippen LogP contribution is 2.46. The summed E-state index contributed by atoms with van der Waals surface area (Å²) in [5.74, 6) is 0.666. The summed E-state index contributed by atoms with van der Waals surface area (Å²) in [5.41, 5.74) is 0.995. The smallest absolute Gasteiger partial charge is 0.407 e. The molecule has 1 amide bonds. The quantitative estimate of drug-likeness (QED) is 0.729. The number of halogens is 1. The van der Waals surface area contributed by atoms with Crippen LogP contribution in [0.4, 0.5) is 9.18 Å². The number of alkyl carbamates (subject to hydrolysis) is 1.